The molecule has 0 heterocycles. The molecule has 1 unspecified atom stereocenters. The van der Waals surface area contributed by atoms with Crippen molar-refractivity contribution in [3.05, 3.63) is 65.2 Å². The van der Waals surface area contributed by atoms with Crippen molar-refractivity contribution in [2.75, 3.05) is 5.73 Å². The molecular formula is C18H23N. The fourth-order valence-corrected chi connectivity index (χ4v) is 2.38. The first-order valence-corrected chi connectivity index (χ1v) is 7.00. The molecule has 2 rings (SSSR count). The second-order valence-electron chi connectivity index (χ2n) is 5.67. The van der Waals surface area contributed by atoms with Gasteiger partial charge in [0.15, 0.2) is 0 Å². The Labute approximate surface area is 116 Å². The Bertz CT molecular complexity index is 526. The minimum Gasteiger partial charge on any atom is -0.399 e. The lowest BCUT2D eigenvalue weighted by atomic mass is 9.91. The van der Waals surface area contributed by atoms with E-state index in [0.717, 1.165) is 12.1 Å². The molecule has 0 aliphatic carbocycles. The second-order valence-corrected chi connectivity index (χ2v) is 5.67. The third-order valence-corrected chi connectivity index (χ3v) is 3.67. The summed E-state index contributed by atoms with van der Waals surface area (Å²) in [6, 6.07) is 17.2. The normalized spacial score (nSPS) is 12.6. The van der Waals surface area contributed by atoms with Crippen molar-refractivity contribution in [3.8, 4) is 0 Å². The molecule has 0 saturated heterocycles. The smallest absolute Gasteiger partial charge is 0.0314 e. The van der Waals surface area contributed by atoms with E-state index in [1.54, 1.807) is 0 Å². The average molecular weight is 253 g/mol. The van der Waals surface area contributed by atoms with E-state index in [1.807, 2.05) is 12.1 Å². The van der Waals surface area contributed by atoms with Gasteiger partial charge in [0.05, 0.1) is 0 Å². The summed E-state index contributed by atoms with van der Waals surface area (Å²) in [7, 11) is 0. The van der Waals surface area contributed by atoms with E-state index in [9.17, 15) is 0 Å². The quantitative estimate of drug-likeness (QED) is 0.783. The predicted octanol–water partition coefficient (Wildman–Crippen LogP) is 4.74. The van der Waals surface area contributed by atoms with Gasteiger partial charge in [0.25, 0.3) is 0 Å². The molecule has 19 heavy (non-hydrogen) atoms. The second kappa shape index (κ2) is 5.92. The Kier molecular flexibility index (Phi) is 4.26. The molecule has 0 fully saturated rings. The van der Waals surface area contributed by atoms with Crippen molar-refractivity contribution < 1.29 is 0 Å². The SMILES string of the molecule is CC(C)c1cccc(CC(C)c2ccc(N)cc2)c1. The minimum absolute atomic E-state index is 0.517. The molecule has 2 aromatic carbocycles. The molecule has 0 amide bonds. The highest BCUT2D eigenvalue weighted by atomic mass is 14.5. The summed E-state index contributed by atoms with van der Waals surface area (Å²) >= 11 is 0. The lowest BCUT2D eigenvalue weighted by Gasteiger charge is -2.14. The summed E-state index contributed by atoms with van der Waals surface area (Å²) in [6.07, 6.45) is 1.07. The first kappa shape index (κ1) is 13.7. The molecule has 0 aliphatic rings. The number of nitrogens with two attached hydrogens (primary N) is 1. The van der Waals surface area contributed by atoms with Gasteiger partial charge in [0.1, 0.15) is 0 Å². The van der Waals surface area contributed by atoms with Gasteiger partial charge in [-0.2, -0.15) is 0 Å². The number of nitrogen functional groups attached to an aromatic ring is 1. The van der Waals surface area contributed by atoms with Crippen LogP contribution in [0, 0.1) is 0 Å². The number of hydrogen-bond acceptors (Lipinski definition) is 1. The van der Waals surface area contributed by atoms with E-state index in [4.69, 9.17) is 5.73 Å². The molecule has 2 N–H and O–H groups in total. The molecule has 0 bridgehead atoms. The molecule has 0 aromatic heterocycles. The zero-order valence-corrected chi connectivity index (χ0v) is 12.1. The van der Waals surface area contributed by atoms with Gasteiger partial charge in [-0.3, -0.25) is 0 Å². The maximum Gasteiger partial charge on any atom is 0.0314 e. The molecule has 1 atom stereocenters. The fourth-order valence-electron chi connectivity index (χ4n) is 2.38. The summed E-state index contributed by atoms with van der Waals surface area (Å²) in [5.41, 5.74) is 10.7. The highest BCUT2D eigenvalue weighted by Crippen LogP contribution is 2.23. The number of anilines is 1. The predicted molar refractivity (Wildman–Crippen MR) is 83.5 cm³/mol. The summed E-state index contributed by atoms with van der Waals surface area (Å²) in [5.74, 6) is 1.11. The lowest BCUT2D eigenvalue weighted by Crippen LogP contribution is -2.00. The average Bonchev–Trinajstić information content (AvgIpc) is 2.39. The summed E-state index contributed by atoms with van der Waals surface area (Å²) < 4.78 is 0. The van der Waals surface area contributed by atoms with Crippen molar-refractivity contribution >= 4 is 5.69 Å². The van der Waals surface area contributed by atoms with Gasteiger partial charge in [0, 0.05) is 5.69 Å². The topological polar surface area (TPSA) is 26.0 Å². The van der Waals surface area contributed by atoms with Gasteiger partial charge in [-0.05, 0) is 47.1 Å². The van der Waals surface area contributed by atoms with Crippen LogP contribution >= 0.6 is 0 Å². The largest absolute Gasteiger partial charge is 0.399 e. The number of hydrogen-bond donors (Lipinski definition) is 1. The van der Waals surface area contributed by atoms with Crippen molar-refractivity contribution in [2.45, 2.75) is 39.0 Å². The highest BCUT2D eigenvalue weighted by molar-refractivity contribution is 5.40. The zero-order chi connectivity index (χ0) is 13.8. The first-order chi connectivity index (χ1) is 9.06. The molecular weight excluding hydrogens is 230 g/mol. The van der Waals surface area contributed by atoms with Gasteiger partial charge < -0.3 is 5.73 Å². The number of benzene rings is 2. The van der Waals surface area contributed by atoms with Crippen molar-refractivity contribution in [3.63, 3.8) is 0 Å². The van der Waals surface area contributed by atoms with E-state index >= 15 is 0 Å². The maximum absolute atomic E-state index is 5.73. The lowest BCUT2D eigenvalue weighted by molar-refractivity contribution is 0.755. The van der Waals surface area contributed by atoms with E-state index in [-0.39, 0.29) is 0 Å². The van der Waals surface area contributed by atoms with Crippen LogP contribution in [0.15, 0.2) is 48.5 Å². The van der Waals surface area contributed by atoms with E-state index in [1.165, 1.54) is 16.7 Å². The molecule has 0 aliphatic heterocycles. The number of rotatable bonds is 4. The molecule has 2 aromatic rings. The fraction of sp³-hybridized carbons (Fsp3) is 0.333. The minimum atomic E-state index is 0.517. The molecule has 100 valence electrons. The Morgan fingerprint density at radius 2 is 1.58 bits per heavy atom. The molecule has 0 saturated carbocycles. The Balaban J connectivity index is 2.12. The molecule has 1 nitrogen and oxygen atoms in total. The summed E-state index contributed by atoms with van der Waals surface area (Å²) in [6.45, 7) is 6.75. The van der Waals surface area contributed by atoms with Gasteiger partial charge in [-0.1, -0.05) is 57.2 Å². The third-order valence-electron chi connectivity index (χ3n) is 3.67. The van der Waals surface area contributed by atoms with Crippen LogP contribution in [0.1, 0.15) is 49.3 Å². The van der Waals surface area contributed by atoms with Crippen LogP contribution in [0.4, 0.5) is 5.69 Å². The van der Waals surface area contributed by atoms with Gasteiger partial charge in [0.2, 0.25) is 0 Å². The monoisotopic (exact) mass is 253 g/mol. The summed E-state index contributed by atoms with van der Waals surface area (Å²) in [5, 5.41) is 0. The molecule has 0 radical (unpaired) electrons. The summed E-state index contributed by atoms with van der Waals surface area (Å²) in [4.78, 5) is 0. The van der Waals surface area contributed by atoms with Crippen molar-refractivity contribution in [2.24, 2.45) is 0 Å². The zero-order valence-electron chi connectivity index (χ0n) is 12.1. The van der Waals surface area contributed by atoms with E-state index in [2.05, 4.69) is 57.2 Å². The first-order valence-electron chi connectivity index (χ1n) is 7.00. The van der Waals surface area contributed by atoms with Crippen LogP contribution in [0.5, 0.6) is 0 Å². The van der Waals surface area contributed by atoms with Gasteiger partial charge >= 0.3 is 0 Å². The van der Waals surface area contributed by atoms with Crippen LogP contribution in [-0.2, 0) is 6.42 Å². The third kappa shape index (κ3) is 3.60. The highest BCUT2D eigenvalue weighted by Gasteiger charge is 2.08. The van der Waals surface area contributed by atoms with Crippen LogP contribution in [0.25, 0.3) is 0 Å². The van der Waals surface area contributed by atoms with Gasteiger partial charge in [-0.25, -0.2) is 0 Å². The van der Waals surface area contributed by atoms with Crippen LogP contribution in [0.3, 0.4) is 0 Å². The van der Waals surface area contributed by atoms with Gasteiger partial charge in [-0.15, -0.1) is 0 Å². The Hall–Kier alpha value is -1.76. The van der Waals surface area contributed by atoms with Crippen LogP contribution < -0.4 is 5.73 Å². The molecule has 1 heteroatoms. The van der Waals surface area contributed by atoms with E-state index < -0.39 is 0 Å². The Morgan fingerprint density at radius 1 is 0.895 bits per heavy atom. The van der Waals surface area contributed by atoms with E-state index in [0.29, 0.717) is 11.8 Å². The van der Waals surface area contributed by atoms with Crippen LogP contribution in [-0.4, -0.2) is 0 Å². The Morgan fingerprint density at radius 3 is 2.21 bits per heavy atom. The van der Waals surface area contributed by atoms with Crippen LogP contribution in [0.2, 0.25) is 0 Å². The molecule has 0 spiro atoms. The van der Waals surface area contributed by atoms with Crippen molar-refractivity contribution in [1.82, 2.24) is 0 Å². The van der Waals surface area contributed by atoms with Crippen molar-refractivity contribution in [1.29, 1.82) is 0 Å². The standard InChI is InChI=1S/C18H23N/c1-13(2)17-6-4-5-15(12-17)11-14(3)16-7-9-18(19)10-8-16/h4-10,12-14H,11,19H2,1-3H3. The maximum atomic E-state index is 5.73.